The van der Waals surface area contributed by atoms with Crippen molar-refractivity contribution in [2.75, 3.05) is 36.1 Å². The Hall–Kier alpha value is -5.64. The molecule has 45 heavy (non-hydrogen) atoms. The lowest BCUT2D eigenvalue weighted by molar-refractivity contribution is -0.141. The average molecular weight is 607 g/mol. The quantitative estimate of drug-likeness (QED) is 0.191. The fraction of sp³-hybridized carbons (Fsp3) is 0.200. The number of amides is 4. The molecule has 0 bridgehead atoms. The van der Waals surface area contributed by atoms with Crippen molar-refractivity contribution in [3.05, 3.63) is 119 Å². The van der Waals surface area contributed by atoms with Gasteiger partial charge in [0, 0.05) is 35.9 Å². The number of aliphatic carboxylic acids is 1. The minimum absolute atomic E-state index is 0.0636. The molecule has 1 fully saturated rings. The first-order chi connectivity index (χ1) is 21.7. The molecule has 4 N–H and O–H groups in total. The Labute approximate surface area is 261 Å². The van der Waals surface area contributed by atoms with Crippen molar-refractivity contribution in [2.45, 2.75) is 19.3 Å². The molecule has 0 aliphatic carbocycles. The molecule has 10 nitrogen and oxygen atoms in total. The third kappa shape index (κ3) is 7.48. The summed E-state index contributed by atoms with van der Waals surface area (Å²) in [7, 11) is 1.49. The van der Waals surface area contributed by atoms with Crippen molar-refractivity contribution < 1.29 is 29.0 Å². The normalized spacial score (nSPS) is 15.6. The number of likely N-dealkylation sites (tertiary alicyclic amines) is 1. The number of anilines is 3. The number of nitrogens with one attached hydrogen (secondary N) is 3. The van der Waals surface area contributed by atoms with E-state index in [-0.39, 0.29) is 37.2 Å². The molecular formula is C35H34N4O6. The highest BCUT2D eigenvalue weighted by Gasteiger charge is 2.40. The number of ether oxygens (including phenoxy) is 1. The molecule has 0 aromatic heterocycles. The molecule has 1 saturated heterocycles. The molecule has 1 heterocycles. The molecule has 4 aromatic rings. The number of para-hydroxylation sites is 1. The van der Waals surface area contributed by atoms with Crippen LogP contribution in [0.3, 0.4) is 0 Å². The molecule has 0 saturated carbocycles. The predicted molar refractivity (Wildman–Crippen MR) is 172 cm³/mol. The van der Waals surface area contributed by atoms with Gasteiger partial charge in [0.05, 0.1) is 25.1 Å². The van der Waals surface area contributed by atoms with Crippen LogP contribution in [-0.4, -0.2) is 54.0 Å². The van der Waals surface area contributed by atoms with Gasteiger partial charge < -0.3 is 30.7 Å². The number of nitrogens with zero attached hydrogens (tertiary/aromatic N) is 1. The number of carbonyl (C=O) groups excluding carboxylic acids is 3. The Morgan fingerprint density at radius 3 is 2.20 bits per heavy atom. The van der Waals surface area contributed by atoms with E-state index in [2.05, 4.69) is 16.0 Å². The van der Waals surface area contributed by atoms with E-state index in [1.165, 1.54) is 7.11 Å². The highest BCUT2D eigenvalue weighted by Crippen LogP contribution is 2.34. The van der Waals surface area contributed by atoms with Crippen LogP contribution >= 0.6 is 0 Å². The summed E-state index contributed by atoms with van der Waals surface area (Å²) in [6.07, 6.45) is 0.0636. The van der Waals surface area contributed by atoms with Crippen molar-refractivity contribution in [3.63, 3.8) is 0 Å². The Bertz CT molecular complexity index is 1710. The van der Waals surface area contributed by atoms with Gasteiger partial charge in [0.1, 0.15) is 5.75 Å². The average Bonchev–Trinajstić information content (AvgIpc) is 3.49. The zero-order chi connectivity index (χ0) is 31.9. The summed E-state index contributed by atoms with van der Waals surface area (Å²) in [4.78, 5) is 52.0. The first kappa shape index (κ1) is 30.8. The summed E-state index contributed by atoms with van der Waals surface area (Å²) in [6.45, 7) is 2.32. The van der Waals surface area contributed by atoms with Gasteiger partial charge in [0.2, 0.25) is 5.91 Å². The van der Waals surface area contributed by atoms with E-state index in [0.717, 1.165) is 11.1 Å². The van der Waals surface area contributed by atoms with Gasteiger partial charge in [-0.25, -0.2) is 4.79 Å². The van der Waals surface area contributed by atoms with Crippen LogP contribution in [-0.2, 0) is 16.0 Å². The van der Waals surface area contributed by atoms with Gasteiger partial charge in [0.15, 0.2) is 0 Å². The number of methoxy groups -OCH3 is 1. The summed E-state index contributed by atoms with van der Waals surface area (Å²) in [5, 5.41) is 18.3. The van der Waals surface area contributed by atoms with Gasteiger partial charge in [-0.05, 0) is 66.1 Å². The fourth-order valence-corrected chi connectivity index (χ4v) is 5.46. The topological polar surface area (TPSA) is 137 Å². The molecule has 4 amide bonds. The Morgan fingerprint density at radius 1 is 0.822 bits per heavy atom. The van der Waals surface area contributed by atoms with E-state index in [1.807, 2.05) is 37.3 Å². The molecule has 10 heteroatoms. The first-order valence-corrected chi connectivity index (χ1v) is 14.5. The molecule has 4 aromatic carbocycles. The van der Waals surface area contributed by atoms with Crippen LogP contribution in [0.2, 0.25) is 0 Å². The van der Waals surface area contributed by atoms with Crippen LogP contribution in [0.15, 0.2) is 97.1 Å². The van der Waals surface area contributed by atoms with Gasteiger partial charge in [-0.3, -0.25) is 14.4 Å². The van der Waals surface area contributed by atoms with Crippen molar-refractivity contribution >= 4 is 40.9 Å². The Morgan fingerprint density at radius 2 is 1.51 bits per heavy atom. The molecule has 0 radical (unpaired) electrons. The number of carboxylic acid groups (broad SMARTS) is 1. The maximum Gasteiger partial charge on any atom is 0.323 e. The number of carbonyl (C=O) groups is 4. The molecule has 230 valence electrons. The number of rotatable bonds is 9. The largest absolute Gasteiger partial charge is 0.495 e. The van der Waals surface area contributed by atoms with Crippen LogP contribution < -0.4 is 20.7 Å². The second kappa shape index (κ2) is 13.8. The summed E-state index contributed by atoms with van der Waals surface area (Å²) < 4.78 is 5.45. The van der Waals surface area contributed by atoms with E-state index in [4.69, 9.17) is 4.74 Å². The molecule has 0 spiro atoms. The van der Waals surface area contributed by atoms with Gasteiger partial charge in [0.25, 0.3) is 5.91 Å². The van der Waals surface area contributed by atoms with E-state index in [9.17, 15) is 24.3 Å². The van der Waals surface area contributed by atoms with Gasteiger partial charge in [-0.1, -0.05) is 54.6 Å². The number of urea groups is 1. The van der Waals surface area contributed by atoms with Crippen LogP contribution in [0.4, 0.5) is 21.9 Å². The smallest absolute Gasteiger partial charge is 0.323 e. The van der Waals surface area contributed by atoms with Gasteiger partial charge >= 0.3 is 12.0 Å². The molecule has 5 rings (SSSR count). The van der Waals surface area contributed by atoms with E-state index >= 15 is 0 Å². The lowest BCUT2D eigenvalue weighted by atomic mass is 9.89. The summed E-state index contributed by atoms with van der Waals surface area (Å²) in [5.41, 5.74) is 4.63. The van der Waals surface area contributed by atoms with Crippen LogP contribution in [0, 0.1) is 12.8 Å². The maximum absolute atomic E-state index is 13.0. The lowest BCUT2D eigenvalue weighted by Gasteiger charge is -2.17. The number of hydrogen-bond acceptors (Lipinski definition) is 5. The highest BCUT2D eigenvalue weighted by atomic mass is 16.5. The van der Waals surface area contributed by atoms with E-state index in [1.54, 1.807) is 71.6 Å². The molecule has 1 aliphatic heterocycles. The van der Waals surface area contributed by atoms with E-state index in [0.29, 0.717) is 33.9 Å². The first-order valence-electron chi connectivity index (χ1n) is 14.5. The van der Waals surface area contributed by atoms with Crippen molar-refractivity contribution in [3.8, 4) is 5.75 Å². The Kier molecular flexibility index (Phi) is 9.43. The maximum atomic E-state index is 13.0. The zero-order valence-electron chi connectivity index (χ0n) is 24.9. The third-order valence-corrected chi connectivity index (χ3v) is 7.84. The molecule has 1 aliphatic rings. The number of hydrogen-bond donors (Lipinski definition) is 4. The summed E-state index contributed by atoms with van der Waals surface area (Å²) in [5.74, 6) is -2.11. The van der Waals surface area contributed by atoms with Crippen LogP contribution in [0.1, 0.15) is 33.0 Å². The second-order valence-corrected chi connectivity index (χ2v) is 10.9. The van der Waals surface area contributed by atoms with Crippen molar-refractivity contribution in [2.24, 2.45) is 5.92 Å². The van der Waals surface area contributed by atoms with Crippen molar-refractivity contribution in [1.29, 1.82) is 0 Å². The third-order valence-electron chi connectivity index (χ3n) is 7.84. The van der Waals surface area contributed by atoms with Crippen LogP contribution in [0.25, 0.3) is 0 Å². The molecule has 2 unspecified atom stereocenters. The zero-order valence-corrected chi connectivity index (χ0v) is 24.9. The highest BCUT2D eigenvalue weighted by molar-refractivity contribution is 6.01. The van der Waals surface area contributed by atoms with Crippen LogP contribution in [0.5, 0.6) is 5.75 Å². The molecule has 2 atom stereocenters. The minimum atomic E-state index is -0.954. The lowest BCUT2D eigenvalue weighted by Crippen LogP contribution is -2.29. The number of carboxylic acids is 1. The monoisotopic (exact) mass is 606 g/mol. The summed E-state index contributed by atoms with van der Waals surface area (Å²) >= 11 is 0. The minimum Gasteiger partial charge on any atom is -0.495 e. The van der Waals surface area contributed by atoms with Gasteiger partial charge in [-0.2, -0.15) is 0 Å². The number of benzene rings is 4. The SMILES string of the molecule is COc1cc(CC(=O)Nc2ccc(C3CN(C(=O)c4ccccc4)CC3C(=O)O)cc2)ccc1NC(=O)Nc1ccccc1C. The predicted octanol–water partition coefficient (Wildman–Crippen LogP) is 5.77. The standard InChI is InChI=1S/C35H34N4O6/c1-22-8-6-7-11-29(22)37-35(44)38-30-17-12-23(18-31(30)45-2)19-32(40)36-26-15-13-24(14-16-26)27-20-39(21-28(27)34(42)43)33(41)25-9-4-3-5-10-25/h3-18,27-28H,19-21H2,1-2H3,(H,36,40)(H,42,43)(H2,37,38,44). The number of aryl methyl sites for hydroxylation is 1. The Balaban J connectivity index is 1.19. The second-order valence-electron chi connectivity index (χ2n) is 10.9. The van der Waals surface area contributed by atoms with Crippen molar-refractivity contribution in [1.82, 2.24) is 4.90 Å². The van der Waals surface area contributed by atoms with Gasteiger partial charge in [-0.15, -0.1) is 0 Å². The summed E-state index contributed by atoms with van der Waals surface area (Å²) in [6, 6.07) is 28.0. The molecular weight excluding hydrogens is 572 g/mol. The van der Waals surface area contributed by atoms with E-state index < -0.39 is 17.9 Å². The fourth-order valence-electron chi connectivity index (χ4n) is 5.46.